The van der Waals surface area contributed by atoms with Gasteiger partial charge in [-0.3, -0.25) is 4.79 Å². The second-order valence-corrected chi connectivity index (χ2v) is 6.09. The molecule has 0 radical (unpaired) electrons. The predicted molar refractivity (Wildman–Crippen MR) is 85.7 cm³/mol. The summed E-state index contributed by atoms with van der Waals surface area (Å²) in [5.41, 5.74) is 0.437. The number of hydrogen-bond donors (Lipinski definition) is 0. The van der Waals surface area contributed by atoms with Crippen molar-refractivity contribution in [2.75, 3.05) is 7.05 Å². The van der Waals surface area contributed by atoms with Crippen molar-refractivity contribution in [3.63, 3.8) is 0 Å². The highest BCUT2D eigenvalue weighted by molar-refractivity contribution is 6.34. The molecule has 110 valence electrons. The molecule has 1 amide bonds. The van der Waals surface area contributed by atoms with Gasteiger partial charge in [0.05, 0.1) is 0 Å². The lowest BCUT2D eigenvalue weighted by atomic mass is 9.94. The van der Waals surface area contributed by atoms with Crippen molar-refractivity contribution >= 4 is 28.3 Å². The third kappa shape index (κ3) is 2.88. The highest BCUT2D eigenvalue weighted by atomic mass is 35.5. The normalized spacial score (nSPS) is 16.1. The first-order valence-corrected chi connectivity index (χ1v) is 7.87. The summed E-state index contributed by atoms with van der Waals surface area (Å²) in [6.07, 6.45) is 5.86. The number of carbonyl (C=O) groups excluding carboxylic acids is 1. The Morgan fingerprint density at radius 2 is 1.95 bits per heavy atom. The van der Waals surface area contributed by atoms with Crippen molar-refractivity contribution in [2.45, 2.75) is 38.1 Å². The molecular weight excluding hydrogens is 284 g/mol. The lowest BCUT2D eigenvalue weighted by Crippen LogP contribution is -2.38. The largest absolute Gasteiger partial charge is 0.337 e. The van der Waals surface area contributed by atoms with E-state index in [0.29, 0.717) is 16.9 Å². The number of halogens is 1. The van der Waals surface area contributed by atoms with E-state index in [0.717, 1.165) is 23.6 Å². The fraction of sp³-hybridized carbons (Fsp3) is 0.412. The molecule has 2 aromatic rings. The minimum absolute atomic E-state index is 0.0328. The fourth-order valence-corrected chi connectivity index (χ4v) is 3.34. The number of amides is 1. The zero-order valence-electron chi connectivity index (χ0n) is 12.2. The minimum Gasteiger partial charge on any atom is -0.337 e. The Labute approximate surface area is 129 Å². The first kappa shape index (κ1) is 14.3. The maximum atomic E-state index is 12.6. The molecule has 1 aromatic carbocycles. The van der Waals surface area contributed by atoms with Gasteiger partial charge in [-0.15, -0.1) is 0 Å². The summed E-state index contributed by atoms with van der Waals surface area (Å²) in [7, 11) is 1.88. The molecule has 1 aliphatic rings. The quantitative estimate of drug-likeness (QED) is 0.775. The smallest absolute Gasteiger partial charge is 0.272 e. The maximum Gasteiger partial charge on any atom is 0.272 e. The summed E-state index contributed by atoms with van der Waals surface area (Å²) in [5.74, 6) is -0.0328. The van der Waals surface area contributed by atoms with Crippen LogP contribution in [0.3, 0.4) is 0 Å². The summed E-state index contributed by atoms with van der Waals surface area (Å²) in [6.45, 7) is 0. The summed E-state index contributed by atoms with van der Waals surface area (Å²) >= 11 is 6.21. The Hall–Kier alpha value is -1.61. The Morgan fingerprint density at radius 1 is 1.24 bits per heavy atom. The number of carbonyl (C=O) groups is 1. The van der Waals surface area contributed by atoms with Crippen LogP contribution in [0.1, 0.15) is 42.6 Å². The van der Waals surface area contributed by atoms with E-state index in [1.807, 2.05) is 42.3 Å². The lowest BCUT2D eigenvalue weighted by Gasteiger charge is -2.31. The molecule has 0 bridgehead atoms. The van der Waals surface area contributed by atoms with Crippen LogP contribution >= 0.6 is 11.6 Å². The van der Waals surface area contributed by atoms with E-state index in [1.54, 1.807) is 0 Å². The number of benzene rings is 1. The number of hydrogen-bond acceptors (Lipinski definition) is 2. The van der Waals surface area contributed by atoms with E-state index >= 15 is 0 Å². The third-order valence-corrected chi connectivity index (χ3v) is 4.64. The van der Waals surface area contributed by atoms with Crippen LogP contribution in [0.5, 0.6) is 0 Å². The lowest BCUT2D eigenvalue weighted by molar-refractivity contribution is 0.0690. The van der Waals surface area contributed by atoms with Crippen LogP contribution < -0.4 is 0 Å². The van der Waals surface area contributed by atoms with Gasteiger partial charge in [-0.05, 0) is 24.3 Å². The Morgan fingerprint density at radius 3 is 2.71 bits per heavy atom. The van der Waals surface area contributed by atoms with Gasteiger partial charge in [-0.25, -0.2) is 4.98 Å². The van der Waals surface area contributed by atoms with Crippen molar-refractivity contribution in [3.8, 4) is 0 Å². The number of fused-ring (bicyclic) bond motifs is 1. The van der Waals surface area contributed by atoms with Crippen LogP contribution in [0.4, 0.5) is 0 Å². The minimum atomic E-state index is -0.0328. The topological polar surface area (TPSA) is 33.2 Å². The van der Waals surface area contributed by atoms with Crippen molar-refractivity contribution in [2.24, 2.45) is 0 Å². The maximum absolute atomic E-state index is 12.6. The average molecular weight is 303 g/mol. The Bertz CT molecular complexity index is 665. The van der Waals surface area contributed by atoms with Crippen LogP contribution in [0.25, 0.3) is 10.8 Å². The standard InChI is InChI=1S/C17H19ClN2O/c1-20(13-8-3-2-4-9-13)17(21)15-11-12-7-5-6-10-14(12)16(18)19-15/h5-7,10-11,13H,2-4,8-9H2,1H3. The number of nitrogens with zero attached hydrogens (tertiary/aromatic N) is 2. The molecule has 0 atom stereocenters. The molecule has 1 fully saturated rings. The van der Waals surface area contributed by atoms with E-state index in [9.17, 15) is 4.79 Å². The van der Waals surface area contributed by atoms with E-state index in [4.69, 9.17) is 11.6 Å². The molecule has 1 saturated carbocycles. The molecule has 0 aliphatic heterocycles. The fourth-order valence-electron chi connectivity index (χ4n) is 3.08. The van der Waals surface area contributed by atoms with E-state index < -0.39 is 0 Å². The van der Waals surface area contributed by atoms with Gasteiger partial charge < -0.3 is 4.90 Å². The number of pyridine rings is 1. The molecular formula is C17H19ClN2O. The van der Waals surface area contributed by atoms with Crippen LogP contribution in [-0.2, 0) is 0 Å². The van der Waals surface area contributed by atoms with Crippen LogP contribution in [0, 0.1) is 0 Å². The van der Waals surface area contributed by atoms with E-state index in [2.05, 4.69) is 4.98 Å². The molecule has 3 rings (SSSR count). The molecule has 0 spiro atoms. The summed E-state index contributed by atoms with van der Waals surface area (Å²) in [6, 6.07) is 9.91. The van der Waals surface area contributed by atoms with Gasteiger partial charge >= 0.3 is 0 Å². The van der Waals surface area contributed by atoms with Crippen molar-refractivity contribution in [1.82, 2.24) is 9.88 Å². The molecule has 0 saturated heterocycles. The number of rotatable bonds is 2. The van der Waals surface area contributed by atoms with Gasteiger partial charge in [-0.2, -0.15) is 0 Å². The van der Waals surface area contributed by atoms with Gasteiger partial charge in [0.2, 0.25) is 0 Å². The summed E-state index contributed by atoms with van der Waals surface area (Å²) < 4.78 is 0. The van der Waals surface area contributed by atoms with Crippen molar-refractivity contribution < 1.29 is 4.79 Å². The average Bonchev–Trinajstić information content (AvgIpc) is 2.54. The molecule has 0 N–H and O–H groups in total. The molecule has 3 nitrogen and oxygen atoms in total. The monoisotopic (exact) mass is 302 g/mol. The van der Waals surface area contributed by atoms with Crippen LogP contribution in [0.2, 0.25) is 5.15 Å². The molecule has 1 aliphatic carbocycles. The Balaban J connectivity index is 1.90. The second kappa shape index (κ2) is 6.02. The highest BCUT2D eigenvalue weighted by Gasteiger charge is 2.24. The predicted octanol–water partition coefficient (Wildman–Crippen LogP) is 4.29. The van der Waals surface area contributed by atoms with Gasteiger partial charge in [0.25, 0.3) is 5.91 Å². The molecule has 1 aromatic heterocycles. The number of aromatic nitrogens is 1. The zero-order chi connectivity index (χ0) is 14.8. The van der Waals surface area contributed by atoms with Gasteiger partial charge in [-0.1, -0.05) is 55.1 Å². The highest BCUT2D eigenvalue weighted by Crippen LogP contribution is 2.25. The van der Waals surface area contributed by atoms with Crippen molar-refractivity contribution in [3.05, 3.63) is 41.2 Å². The molecule has 21 heavy (non-hydrogen) atoms. The van der Waals surface area contributed by atoms with Crippen LogP contribution in [-0.4, -0.2) is 28.9 Å². The van der Waals surface area contributed by atoms with Gasteiger partial charge in [0, 0.05) is 18.5 Å². The SMILES string of the molecule is CN(C(=O)c1cc2ccccc2c(Cl)n1)C1CCCCC1. The molecule has 0 unspecified atom stereocenters. The third-order valence-electron chi connectivity index (χ3n) is 4.36. The van der Waals surface area contributed by atoms with E-state index in [1.165, 1.54) is 19.3 Å². The molecule has 4 heteroatoms. The van der Waals surface area contributed by atoms with Gasteiger partial charge in [0.15, 0.2) is 0 Å². The van der Waals surface area contributed by atoms with Crippen molar-refractivity contribution in [1.29, 1.82) is 0 Å². The Kier molecular flexibility index (Phi) is 4.11. The van der Waals surface area contributed by atoms with Crippen LogP contribution in [0.15, 0.2) is 30.3 Å². The summed E-state index contributed by atoms with van der Waals surface area (Å²) in [5, 5.41) is 2.24. The second-order valence-electron chi connectivity index (χ2n) is 5.73. The van der Waals surface area contributed by atoms with Gasteiger partial charge in [0.1, 0.15) is 10.8 Å². The zero-order valence-corrected chi connectivity index (χ0v) is 12.9. The first-order valence-electron chi connectivity index (χ1n) is 7.49. The first-order chi connectivity index (χ1) is 10.2. The molecule has 1 heterocycles. The van der Waals surface area contributed by atoms with E-state index in [-0.39, 0.29) is 5.91 Å². The summed E-state index contributed by atoms with van der Waals surface area (Å²) in [4.78, 5) is 18.8.